The van der Waals surface area contributed by atoms with Gasteiger partial charge >= 0.3 is 0 Å². The van der Waals surface area contributed by atoms with Crippen LogP contribution in [0.25, 0.3) is 11.2 Å². The van der Waals surface area contributed by atoms with Crippen molar-refractivity contribution in [1.29, 1.82) is 0 Å². The van der Waals surface area contributed by atoms with Crippen LogP contribution in [0.3, 0.4) is 0 Å². The van der Waals surface area contributed by atoms with Crippen molar-refractivity contribution in [3.05, 3.63) is 42.5 Å². The predicted octanol–water partition coefficient (Wildman–Crippen LogP) is 0.0876. The van der Waals surface area contributed by atoms with Gasteiger partial charge in [-0.25, -0.2) is 15.0 Å². The Kier molecular flexibility index (Phi) is 5.78. The number of carbonyl (C=O) groups is 2. The average molecular weight is 426 g/mol. The molecule has 0 aliphatic heterocycles. The van der Waals surface area contributed by atoms with Crippen LogP contribution < -0.4 is 15.4 Å². The van der Waals surface area contributed by atoms with Gasteiger partial charge in [0.25, 0.3) is 5.91 Å². The van der Waals surface area contributed by atoms with Gasteiger partial charge in [-0.15, -0.1) is 0 Å². The molecule has 2 atom stereocenters. The molecule has 1 aliphatic carbocycles. The van der Waals surface area contributed by atoms with Gasteiger partial charge in [-0.05, 0) is 37.1 Å². The minimum Gasteiger partial charge on any atom is -0.497 e. The van der Waals surface area contributed by atoms with Crippen LogP contribution in [-0.2, 0) is 11.3 Å². The third-order valence-corrected chi connectivity index (χ3v) is 5.21. The van der Waals surface area contributed by atoms with Crippen LogP contribution in [-0.4, -0.2) is 66.9 Å². The first-order chi connectivity index (χ1) is 15.0. The Bertz CT molecular complexity index is 1090. The molecule has 1 fully saturated rings. The molecule has 0 saturated heterocycles. The van der Waals surface area contributed by atoms with Crippen LogP contribution in [0.15, 0.2) is 36.9 Å². The standard InChI is InChI=1S/C20H22N6O5/c1-31-12-4-2-11(3-5-12)20(30)25-18-17-19(22-9-21-18)26(10-23-17)8-15(29)24-16-13(27)6-7-14(16)28/h2-5,9-10,13-14,16,27-28H,6-8H2,1H3,(H,24,29)(H,21,22,25,30)/t13-,14-/m1/s1. The number of nitrogens with zero attached hydrogens (tertiary/aromatic N) is 4. The van der Waals surface area contributed by atoms with Crippen LogP contribution in [0, 0.1) is 0 Å². The summed E-state index contributed by atoms with van der Waals surface area (Å²) in [6.45, 7) is -0.116. The van der Waals surface area contributed by atoms with Gasteiger partial charge in [-0.3, -0.25) is 9.59 Å². The molecular weight excluding hydrogens is 404 g/mol. The number of hydrogen-bond donors (Lipinski definition) is 4. The lowest BCUT2D eigenvalue weighted by atomic mass is 10.2. The van der Waals surface area contributed by atoms with Gasteiger partial charge in [0, 0.05) is 5.56 Å². The number of amides is 2. The number of methoxy groups -OCH3 is 1. The quantitative estimate of drug-likeness (QED) is 0.433. The molecule has 1 saturated carbocycles. The Labute approximate surface area is 177 Å². The summed E-state index contributed by atoms with van der Waals surface area (Å²) in [4.78, 5) is 37.4. The van der Waals surface area contributed by atoms with Crippen LogP contribution in [0.4, 0.5) is 5.82 Å². The van der Waals surface area contributed by atoms with E-state index in [4.69, 9.17) is 4.74 Å². The number of fused-ring (bicyclic) bond motifs is 1. The molecule has 1 aliphatic rings. The van der Waals surface area contributed by atoms with Gasteiger partial charge in [-0.1, -0.05) is 0 Å². The van der Waals surface area contributed by atoms with E-state index in [1.807, 2.05) is 0 Å². The van der Waals surface area contributed by atoms with E-state index in [1.165, 1.54) is 17.2 Å². The molecule has 11 heteroatoms. The monoisotopic (exact) mass is 426 g/mol. The van der Waals surface area contributed by atoms with Crippen molar-refractivity contribution < 1.29 is 24.5 Å². The Morgan fingerprint density at radius 3 is 2.52 bits per heavy atom. The van der Waals surface area contributed by atoms with E-state index in [1.54, 1.807) is 31.4 Å². The summed E-state index contributed by atoms with van der Waals surface area (Å²) in [5.41, 5.74) is 1.11. The minimum atomic E-state index is -0.777. The fourth-order valence-electron chi connectivity index (χ4n) is 3.55. The van der Waals surface area contributed by atoms with E-state index in [0.29, 0.717) is 35.3 Å². The summed E-state index contributed by atoms with van der Waals surface area (Å²) >= 11 is 0. The highest BCUT2D eigenvalue weighted by Crippen LogP contribution is 2.21. The van der Waals surface area contributed by atoms with Gasteiger partial charge in [0.05, 0.1) is 31.7 Å². The number of ether oxygens (including phenoxy) is 1. The highest BCUT2D eigenvalue weighted by atomic mass is 16.5. The second kappa shape index (κ2) is 8.66. The lowest BCUT2D eigenvalue weighted by Crippen LogP contribution is -2.47. The minimum absolute atomic E-state index is 0.116. The number of nitrogens with one attached hydrogen (secondary N) is 2. The summed E-state index contributed by atoms with van der Waals surface area (Å²) in [5.74, 6) is 0.0770. The van der Waals surface area contributed by atoms with Gasteiger partial charge in [-0.2, -0.15) is 0 Å². The van der Waals surface area contributed by atoms with Crippen LogP contribution in [0.1, 0.15) is 23.2 Å². The van der Waals surface area contributed by atoms with E-state index in [2.05, 4.69) is 25.6 Å². The fourth-order valence-corrected chi connectivity index (χ4v) is 3.55. The molecule has 0 spiro atoms. The van der Waals surface area contributed by atoms with E-state index < -0.39 is 24.2 Å². The first kappa shape index (κ1) is 20.7. The number of anilines is 1. The molecule has 2 amide bonds. The Morgan fingerprint density at radius 1 is 1.13 bits per heavy atom. The molecule has 2 aromatic heterocycles. The Morgan fingerprint density at radius 2 is 1.84 bits per heavy atom. The summed E-state index contributed by atoms with van der Waals surface area (Å²) in [6, 6.07) is 5.91. The first-order valence-corrected chi connectivity index (χ1v) is 9.73. The molecule has 2 heterocycles. The van der Waals surface area contributed by atoms with E-state index in [-0.39, 0.29) is 18.3 Å². The zero-order valence-electron chi connectivity index (χ0n) is 16.7. The molecule has 3 aromatic rings. The highest BCUT2D eigenvalue weighted by Gasteiger charge is 2.34. The van der Waals surface area contributed by atoms with Crippen LogP contribution in [0.5, 0.6) is 5.75 Å². The van der Waals surface area contributed by atoms with Crippen LogP contribution >= 0.6 is 0 Å². The zero-order valence-corrected chi connectivity index (χ0v) is 16.7. The normalized spacial score (nSPS) is 18.8. The first-order valence-electron chi connectivity index (χ1n) is 9.73. The van der Waals surface area contributed by atoms with Gasteiger partial charge < -0.3 is 30.2 Å². The number of imidazole rings is 1. The van der Waals surface area contributed by atoms with Gasteiger partial charge in [0.1, 0.15) is 18.6 Å². The summed E-state index contributed by atoms with van der Waals surface area (Å²) in [5, 5.41) is 25.1. The molecule has 4 rings (SSSR count). The molecule has 11 nitrogen and oxygen atoms in total. The molecule has 0 radical (unpaired) electrons. The highest BCUT2D eigenvalue weighted by molar-refractivity contribution is 6.06. The maximum absolute atomic E-state index is 12.5. The smallest absolute Gasteiger partial charge is 0.256 e. The lowest BCUT2D eigenvalue weighted by molar-refractivity contribution is -0.123. The van der Waals surface area contributed by atoms with Crippen molar-refractivity contribution in [1.82, 2.24) is 24.8 Å². The maximum atomic E-state index is 12.5. The van der Waals surface area contributed by atoms with Gasteiger partial charge in [0.15, 0.2) is 17.0 Å². The van der Waals surface area contributed by atoms with Crippen molar-refractivity contribution in [2.75, 3.05) is 12.4 Å². The van der Waals surface area contributed by atoms with Crippen molar-refractivity contribution in [2.45, 2.75) is 37.6 Å². The number of hydrogen-bond acceptors (Lipinski definition) is 8. The van der Waals surface area contributed by atoms with Crippen molar-refractivity contribution in [3.63, 3.8) is 0 Å². The number of benzene rings is 1. The second-order valence-electron chi connectivity index (χ2n) is 7.25. The molecular formula is C20H22N6O5. The number of aliphatic hydroxyl groups excluding tert-OH is 2. The predicted molar refractivity (Wildman–Crippen MR) is 109 cm³/mol. The molecule has 162 valence electrons. The maximum Gasteiger partial charge on any atom is 0.256 e. The van der Waals surface area contributed by atoms with Crippen molar-refractivity contribution in [3.8, 4) is 5.75 Å². The zero-order chi connectivity index (χ0) is 22.0. The summed E-state index contributed by atoms with van der Waals surface area (Å²) < 4.78 is 6.59. The van der Waals surface area contributed by atoms with E-state index in [0.717, 1.165) is 0 Å². The molecule has 0 bridgehead atoms. The number of aliphatic hydroxyl groups is 2. The number of rotatable bonds is 6. The fraction of sp³-hybridized carbons (Fsp3) is 0.350. The van der Waals surface area contributed by atoms with E-state index in [9.17, 15) is 19.8 Å². The summed E-state index contributed by atoms with van der Waals surface area (Å²) in [7, 11) is 1.54. The molecule has 0 unspecified atom stereocenters. The van der Waals surface area contributed by atoms with E-state index >= 15 is 0 Å². The lowest BCUT2D eigenvalue weighted by Gasteiger charge is -2.19. The largest absolute Gasteiger partial charge is 0.497 e. The van der Waals surface area contributed by atoms with Crippen LogP contribution in [0.2, 0.25) is 0 Å². The average Bonchev–Trinajstić information content (AvgIpc) is 3.32. The Balaban J connectivity index is 1.48. The number of carbonyl (C=O) groups excluding carboxylic acids is 2. The van der Waals surface area contributed by atoms with Crippen molar-refractivity contribution >= 4 is 28.8 Å². The summed E-state index contributed by atoms with van der Waals surface area (Å²) in [6.07, 6.45) is 2.01. The SMILES string of the molecule is COc1ccc(C(=O)Nc2ncnc3c2ncn3CC(=O)NC2[C@H](O)CC[C@H]2O)cc1. The third-order valence-electron chi connectivity index (χ3n) is 5.21. The molecule has 4 N–H and O–H groups in total. The Hall–Kier alpha value is -3.57. The third kappa shape index (κ3) is 4.32. The number of aromatic nitrogens is 4. The topological polar surface area (TPSA) is 151 Å². The molecule has 31 heavy (non-hydrogen) atoms. The molecule has 1 aromatic carbocycles. The van der Waals surface area contributed by atoms with Gasteiger partial charge in [0.2, 0.25) is 5.91 Å². The van der Waals surface area contributed by atoms with Crippen molar-refractivity contribution in [2.24, 2.45) is 0 Å². The second-order valence-corrected chi connectivity index (χ2v) is 7.25.